The first-order chi connectivity index (χ1) is 6.37. The van der Waals surface area contributed by atoms with Crippen LogP contribution in [0.5, 0.6) is 0 Å². The van der Waals surface area contributed by atoms with E-state index in [2.05, 4.69) is 0 Å². The van der Waals surface area contributed by atoms with E-state index in [9.17, 15) is 0 Å². The Labute approximate surface area is 79.6 Å². The quantitative estimate of drug-likeness (QED) is 0.691. The first-order valence-electron chi connectivity index (χ1n) is 5.23. The summed E-state index contributed by atoms with van der Waals surface area (Å²) in [5.41, 5.74) is 6.16. The summed E-state index contributed by atoms with van der Waals surface area (Å²) in [6, 6.07) is 0. The fraction of sp³-hybridized carbons (Fsp3) is 1.00. The lowest BCUT2D eigenvalue weighted by atomic mass is 9.71. The predicted molar refractivity (Wildman–Crippen MR) is 50.5 cm³/mol. The van der Waals surface area contributed by atoms with Crippen LogP contribution >= 0.6 is 0 Å². The maximum atomic E-state index is 5.88. The lowest BCUT2D eigenvalue weighted by molar-refractivity contribution is 0.00775. The maximum Gasteiger partial charge on any atom is 0.0538 e. The van der Waals surface area contributed by atoms with E-state index in [0.717, 1.165) is 45.3 Å². The van der Waals surface area contributed by atoms with Crippen LogP contribution in [0.25, 0.3) is 0 Å². The number of ether oxygens (including phenoxy) is 2. The summed E-state index contributed by atoms with van der Waals surface area (Å²) in [7, 11) is 0. The normalized spacial score (nSPS) is 36.7. The molecule has 0 aromatic rings. The molecule has 0 aromatic carbocycles. The molecule has 3 nitrogen and oxygen atoms in total. The first kappa shape index (κ1) is 9.44. The number of hydrogen-bond acceptors (Lipinski definition) is 3. The van der Waals surface area contributed by atoms with Gasteiger partial charge in [0.15, 0.2) is 0 Å². The van der Waals surface area contributed by atoms with Crippen molar-refractivity contribution in [2.45, 2.75) is 19.3 Å². The molecule has 1 unspecified atom stereocenters. The van der Waals surface area contributed by atoms with Gasteiger partial charge in [-0.2, -0.15) is 0 Å². The SMILES string of the molecule is NCC1(C2CCOCC2)CCOC1. The molecule has 2 aliphatic heterocycles. The first-order valence-corrected chi connectivity index (χ1v) is 5.23. The Hall–Kier alpha value is -0.120. The molecule has 76 valence electrons. The molecule has 2 aliphatic rings. The van der Waals surface area contributed by atoms with Crippen molar-refractivity contribution in [2.75, 3.05) is 33.0 Å². The minimum atomic E-state index is 0.282. The van der Waals surface area contributed by atoms with Crippen LogP contribution in [0.15, 0.2) is 0 Å². The van der Waals surface area contributed by atoms with Gasteiger partial charge in [-0.3, -0.25) is 0 Å². The van der Waals surface area contributed by atoms with Crippen LogP contribution in [0.1, 0.15) is 19.3 Å². The number of nitrogens with two attached hydrogens (primary N) is 1. The standard InChI is InChI=1S/C10H19NO2/c11-7-10(3-6-13-8-10)9-1-4-12-5-2-9/h9H,1-8,11H2. The molecular weight excluding hydrogens is 166 g/mol. The smallest absolute Gasteiger partial charge is 0.0538 e. The zero-order chi connectivity index (χ0) is 9.15. The Morgan fingerprint density at radius 3 is 2.46 bits per heavy atom. The fourth-order valence-electron chi connectivity index (χ4n) is 2.58. The summed E-state index contributed by atoms with van der Waals surface area (Å²) >= 11 is 0. The minimum Gasteiger partial charge on any atom is -0.381 e. The third-order valence-electron chi connectivity index (χ3n) is 3.63. The van der Waals surface area contributed by atoms with Crippen LogP contribution in [0.3, 0.4) is 0 Å². The summed E-state index contributed by atoms with van der Waals surface area (Å²) in [6.45, 7) is 4.36. The second-order valence-electron chi connectivity index (χ2n) is 4.26. The minimum absolute atomic E-state index is 0.282. The van der Waals surface area contributed by atoms with E-state index >= 15 is 0 Å². The van der Waals surface area contributed by atoms with Crippen LogP contribution in [0.2, 0.25) is 0 Å². The lowest BCUT2D eigenvalue weighted by Gasteiger charge is -2.37. The van der Waals surface area contributed by atoms with Gasteiger partial charge >= 0.3 is 0 Å². The Bertz CT molecular complexity index is 160. The van der Waals surface area contributed by atoms with Gasteiger partial charge in [-0.05, 0) is 25.2 Å². The van der Waals surface area contributed by atoms with Crippen molar-refractivity contribution in [2.24, 2.45) is 17.1 Å². The Kier molecular flexibility index (Phi) is 2.86. The number of hydrogen-bond donors (Lipinski definition) is 1. The van der Waals surface area contributed by atoms with Crippen molar-refractivity contribution in [3.8, 4) is 0 Å². The third kappa shape index (κ3) is 1.73. The van der Waals surface area contributed by atoms with E-state index < -0.39 is 0 Å². The van der Waals surface area contributed by atoms with Crippen molar-refractivity contribution in [3.05, 3.63) is 0 Å². The highest BCUT2D eigenvalue weighted by atomic mass is 16.5. The monoisotopic (exact) mass is 185 g/mol. The molecule has 3 heteroatoms. The topological polar surface area (TPSA) is 44.5 Å². The molecule has 2 N–H and O–H groups in total. The summed E-state index contributed by atoms with van der Waals surface area (Å²) in [5.74, 6) is 0.730. The Morgan fingerprint density at radius 2 is 1.92 bits per heavy atom. The van der Waals surface area contributed by atoms with E-state index in [4.69, 9.17) is 15.2 Å². The van der Waals surface area contributed by atoms with Gasteiger partial charge in [0.2, 0.25) is 0 Å². The highest BCUT2D eigenvalue weighted by Gasteiger charge is 2.41. The third-order valence-corrected chi connectivity index (χ3v) is 3.63. The highest BCUT2D eigenvalue weighted by molar-refractivity contribution is 4.91. The molecule has 2 heterocycles. The van der Waals surface area contributed by atoms with E-state index in [1.807, 2.05) is 0 Å². The molecule has 0 amide bonds. The molecule has 0 saturated carbocycles. The molecule has 0 spiro atoms. The second kappa shape index (κ2) is 3.95. The van der Waals surface area contributed by atoms with Crippen molar-refractivity contribution in [3.63, 3.8) is 0 Å². The van der Waals surface area contributed by atoms with E-state index in [-0.39, 0.29) is 5.41 Å². The Balaban J connectivity index is 2.01. The van der Waals surface area contributed by atoms with Crippen molar-refractivity contribution >= 4 is 0 Å². The average Bonchev–Trinajstić information content (AvgIpc) is 2.69. The van der Waals surface area contributed by atoms with E-state index in [0.29, 0.717) is 0 Å². The second-order valence-corrected chi connectivity index (χ2v) is 4.26. The molecule has 13 heavy (non-hydrogen) atoms. The summed E-state index contributed by atoms with van der Waals surface area (Å²) in [4.78, 5) is 0. The van der Waals surface area contributed by atoms with Gasteiger partial charge in [-0.25, -0.2) is 0 Å². The van der Waals surface area contributed by atoms with E-state index in [1.165, 1.54) is 12.8 Å². The summed E-state index contributed by atoms with van der Waals surface area (Å²) in [5, 5.41) is 0. The fourth-order valence-corrected chi connectivity index (χ4v) is 2.58. The van der Waals surface area contributed by atoms with Crippen molar-refractivity contribution in [1.29, 1.82) is 0 Å². The summed E-state index contributed by atoms with van der Waals surface area (Å²) in [6.07, 6.45) is 3.48. The molecule has 1 atom stereocenters. The van der Waals surface area contributed by atoms with Crippen LogP contribution < -0.4 is 5.73 Å². The van der Waals surface area contributed by atoms with Crippen LogP contribution in [-0.2, 0) is 9.47 Å². The molecule has 2 saturated heterocycles. The van der Waals surface area contributed by atoms with Gasteiger partial charge in [0.05, 0.1) is 6.61 Å². The van der Waals surface area contributed by atoms with Crippen LogP contribution in [-0.4, -0.2) is 33.0 Å². The van der Waals surface area contributed by atoms with Crippen LogP contribution in [0, 0.1) is 11.3 Å². The number of rotatable bonds is 2. The zero-order valence-electron chi connectivity index (χ0n) is 8.13. The van der Waals surface area contributed by atoms with Gasteiger partial charge in [0.1, 0.15) is 0 Å². The molecule has 0 aromatic heterocycles. The molecule has 2 fully saturated rings. The molecule has 2 rings (SSSR count). The van der Waals surface area contributed by atoms with Gasteiger partial charge in [-0.15, -0.1) is 0 Å². The highest BCUT2D eigenvalue weighted by Crippen LogP contribution is 2.40. The Morgan fingerprint density at radius 1 is 1.15 bits per heavy atom. The average molecular weight is 185 g/mol. The van der Waals surface area contributed by atoms with Gasteiger partial charge < -0.3 is 15.2 Å². The largest absolute Gasteiger partial charge is 0.381 e. The maximum absolute atomic E-state index is 5.88. The summed E-state index contributed by atoms with van der Waals surface area (Å²) < 4.78 is 10.9. The van der Waals surface area contributed by atoms with Gasteiger partial charge in [0, 0.05) is 31.8 Å². The van der Waals surface area contributed by atoms with E-state index in [1.54, 1.807) is 0 Å². The molecule has 0 bridgehead atoms. The van der Waals surface area contributed by atoms with Gasteiger partial charge in [-0.1, -0.05) is 0 Å². The van der Waals surface area contributed by atoms with Crippen molar-refractivity contribution < 1.29 is 9.47 Å². The predicted octanol–water partition coefficient (Wildman–Crippen LogP) is 0.778. The zero-order valence-corrected chi connectivity index (χ0v) is 8.13. The molecule has 0 aliphatic carbocycles. The van der Waals surface area contributed by atoms with Crippen LogP contribution in [0.4, 0.5) is 0 Å². The lowest BCUT2D eigenvalue weighted by Crippen LogP contribution is -2.41. The van der Waals surface area contributed by atoms with Crippen molar-refractivity contribution in [1.82, 2.24) is 0 Å². The molecule has 0 radical (unpaired) electrons. The van der Waals surface area contributed by atoms with Gasteiger partial charge in [0.25, 0.3) is 0 Å². The molecular formula is C10H19NO2.